The number of pyridine rings is 2. The van der Waals surface area contributed by atoms with Crippen molar-refractivity contribution in [1.29, 1.82) is 0 Å². The van der Waals surface area contributed by atoms with Crippen LogP contribution in [0.1, 0.15) is 34.5 Å². The van der Waals surface area contributed by atoms with Gasteiger partial charge in [-0.3, -0.25) is 9.97 Å². The first kappa shape index (κ1) is 30.2. The molecule has 4 rings (SSSR count). The summed E-state index contributed by atoms with van der Waals surface area (Å²) in [7, 11) is 0. The van der Waals surface area contributed by atoms with Crippen LogP contribution in [-0.4, -0.2) is 45.4 Å². The first-order valence-corrected chi connectivity index (χ1v) is 13.9. The molecule has 0 aliphatic heterocycles. The maximum Gasteiger partial charge on any atom is 0.407 e. The van der Waals surface area contributed by atoms with Gasteiger partial charge < -0.3 is 25.2 Å². The van der Waals surface area contributed by atoms with E-state index in [4.69, 9.17) is 9.47 Å². The number of nitrogens with zero attached hydrogens (tertiary/aromatic N) is 2. The Balaban J connectivity index is 1.43. The fraction of sp³-hybridized carbons (Fsp3) is 0.273. The standard InChI is InChI=1S/C33H36N4O5/c1-24-10-8-16-28(35-24)23-42-32(39)36-29(18-25-11-4-2-5-12-25)20-31(38)30(19-26-13-6-3-7-14-26)37-33(40)41-22-27-15-9-17-34-21-27/h2-17,21,29-31,38H,18-20,22-23H2,1H3,(H,36,39)(H,37,40)/t29-,30-,31-/m0/s1. The van der Waals surface area contributed by atoms with Gasteiger partial charge in [0.15, 0.2) is 0 Å². The van der Waals surface area contributed by atoms with Crippen LogP contribution in [0.2, 0.25) is 0 Å². The number of rotatable bonds is 13. The highest BCUT2D eigenvalue weighted by molar-refractivity contribution is 5.68. The lowest BCUT2D eigenvalue weighted by atomic mass is 9.94. The molecule has 0 aliphatic rings. The fourth-order valence-electron chi connectivity index (χ4n) is 4.55. The van der Waals surface area contributed by atoms with Crippen molar-refractivity contribution in [3.05, 3.63) is 131 Å². The second-order valence-electron chi connectivity index (χ2n) is 10.1. The van der Waals surface area contributed by atoms with E-state index in [0.29, 0.717) is 18.5 Å². The number of alkyl carbamates (subject to hydrolysis) is 2. The van der Waals surface area contributed by atoms with Crippen molar-refractivity contribution in [2.45, 2.75) is 57.6 Å². The predicted octanol–water partition coefficient (Wildman–Crippen LogP) is 4.91. The molecule has 3 atom stereocenters. The van der Waals surface area contributed by atoms with Crippen LogP contribution in [0, 0.1) is 6.92 Å². The van der Waals surface area contributed by atoms with Crippen molar-refractivity contribution in [3.8, 4) is 0 Å². The van der Waals surface area contributed by atoms with Crippen molar-refractivity contribution in [3.63, 3.8) is 0 Å². The summed E-state index contributed by atoms with van der Waals surface area (Å²) in [5, 5.41) is 17.1. The second kappa shape index (κ2) is 15.9. The Morgan fingerprint density at radius 1 is 0.762 bits per heavy atom. The van der Waals surface area contributed by atoms with Crippen molar-refractivity contribution in [2.75, 3.05) is 0 Å². The van der Waals surface area contributed by atoms with Gasteiger partial charge in [0.05, 0.1) is 17.8 Å². The molecular formula is C33H36N4O5. The smallest absolute Gasteiger partial charge is 0.407 e. The summed E-state index contributed by atoms with van der Waals surface area (Å²) >= 11 is 0. The molecule has 0 saturated heterocycles. The number of carbonyl (C=O) groups is 2. The van der Waals surface area contributed by atoms with Gasteiger partial charge in [-0.1, -0.05) is 72.8 Å². The van der Waals surface area contributed by atoms with E-state index in [1.807, 2.05) is 85.8 Å². The van der Waals surface area contributed by atoms with Crippen LogP contribution in [0.15, 0.2) is 103 Å². The Labute approximate surface area is 246 Å². The molecule has 0 unspecified atom stereocenters. The summed E-state index contributed by atoms with van der Waals surface area (Å²) < 4.78 is 10.8. The fourth-order valence-corrected chi connectivity index (χ4v) is 4.55. The van der Waals surface area contributed by atoms with Gasteiger partial charge in [-0.15, -0.1) is 0 Å². The summed E-state index contributed by atoms with van der Waals surface area (Å²) in [6.07, 6.45) is 1.97. The molecule has 2 aromatic heterocycles. The summed E-state index contributed by atoms with van der Waals surface area (Å²) in [5.41, 5.74) is 4.14. The lowest BCUT2D eigenvalue weighted by molar-refractivity contribution is 0.0859. The molecule has 2 aromatic carbocycles. The zero-order chi connectivity index (χ0) is 29.6. The van der Waals surface area contributed by atoms with E-state index < -0.39 is 30.4 Å². The molecule has 9 nitrogen and oxygen atoms in total. The Morgan fingerprint density at radius 2 is 1.40 bits per heavy atom. The number of aryl methyl sites for hydroxylation is 1. The SMILES string of the molecule is Cc1cccc(COC(=O)N[C@@H](Cc2ccccc2)C[C@H](O)[C@H](Cc2ccccc2)NC(=O)OCc2cccnc2)n1. The number of nitrogens with one attached hydrogen (secondary N) is 2. The molecule has 9 heteroatoms. The summed E-state index contributed by atoms with van der Waals surface area (Å²) in [4.78, 5) is 34.0. The zero-order valence-corrected chi connectivity index (χ0v) is 23.6. The number of benzene rings is 2. The van der Waals surface area contributed by atoms with E-state index in [0.717, 1.165) is 22.4 Å². The van der Waals surface area contributed by atoms with Crippen molar-refractivity contribution < 1.29 is 24.2 Å². The number of aliphatic hydroxyl groups is 1. The molecule has 2 heterocycles. The van der Waals surface area contributed by atoms with Gasteiger partial charge in [0, 0.05) is 29.7 Å². The lowest BCUT2D eigenvalue weighted by Gasteiger charge is -2.28. The first-order valence-electron chi connectivity index (χ1n) is 13.9. The average Bonchev–Trinajstić information content (AvgIpc) is 3.00. The minimum atomic E-state index is -1.01. The van der Waals surface area contributed by atoms with Crippen LogP contribution >= 0.6 is 0 Å². The summed E-state index contributed by atoms with van der Waals surface area (Å²) in [6, 6.07) is 27.2. The highest BCUT2D eigenvalue weighted by Gasteiger charge is 2.27. The molecule has 218 valence electrons. The van der Waals surface area contributed by atoms with Crippen LogP contribution < -0.4 is 10.6 Å². The van der Waals surface area contributed by atoms with Gasteiger partial charge in [-0.05, 0) is 55.5 Å². The minimum Gasteiger partial charge on any atom is -0.445 e. The van der Waals surface area contributed by atoms with Gasteiger partial charge >= 0.3 is 12.2 Å². The van der Waals surface area contributed by atoms with E-state index in [1.54, 1.807) is 24.5 Å². The van der Waals surface area contributed by atoms with E-state index in [-0.39, 0.29) is 19.6 Å². The number of carbonyl (C=O) groups excluding carboxylic acids is 2. The van der Waals surface area contributed by atoms with E-state index in [2.05, 4.69) is 20.6 Å². The maximum absolute atomic E-state index is 12.8. The molecule has 42 heavy (non-hydrogen) atoms. The number of ether oxygens (including phenoxy) is 2. The molecule has 0 fully saturated rings. The maximum atomic E-state index is 12.8. The van der Waals surface area contributed by atoms with E-state index >= 15 is 0 Å². The molecular weight excluding hydrogens is 532 g/mol. The molecule has 4 aromatic rings. The van der Waals surface area contributed by atoms with Crippen LogP contribution in [0.3, 0.4) is 0 Å². The third-order valence-corrected chi connectivity index (χ3v) is 6.63. The molecule has 0 aliphatic carbocycles. The van der Waals surface area contributed by atoms with Crippen LogP contribution in [0.5, 0.6) is 0 Å². The number of hydrogen-bond acceptors (Lipinski definition) is 7. The van der Waals surface area contributed by atoms with Crippen molar-refractivity contribution in [1.82, 2.24) is 20.6 Å². The normalized spacial score (nSPS) is 12.9. The third kappa shape index (κ3) is 10.3. The van der Waals surface area contributed by atoms with Crippen molar-refractivity contribution >= 4 is 12.2 Å². The third-order valence-electron chi connectivity index (χ3n) is 6.63. The van der Waals surface area contributed by atoms with Gasteiger partial charge in [0.1, 0.15) is 13.2 Å². The van der Waals surface area contributed by atoms with Gasteiger partial charge in [0.25, 0.3) is 0 Å². The second-order valence-corrected chi connectivity index (χ2v) is 10.1. The largest absolute Gasteiger partial charge is 0.445 e. The minimum absolute atomic E-state index is 0.0229. The van der Waals surface area contributed by atoms with E-state index in [1.165, 1.54) is 0 Å². The van der Waals surface area contributed by atoms with E-state index in [9.17, 15) is 14.7 Å². The summed E-state index contributed by atoms with van der Waals surface area (Å²) in [5.74, 6) is 0. The van der Waals surface area contributed by atoms with Crippen LogP contribution in [0.25, 0.3) is 0 Å². The quantitative estimate of drug-likeness (QED) is 0.209. The molecule has 0 spiro atoms. The number of hydrogen-bond donors (Lipinski definition) is 3. The van der Waals surface area contributed by atoms with Crippen LogP contribution in [0.4, 0.5) is 9.59 Å². The van der Waals surface area contributed by atoms with Gasteiger partial charge in [0.2, 0.25) is 0 Å². The highest BCUT2D eigenvalue weighted by atomic mass is 16.6. The Bertz CT molecular complexity index is 1390. The Morgan fingerprint density at radius 3 is 2.07 bits per heavy atom. The summed E-state index contributed by atoms with van der Waals surface area (Å²) in [6.45, 7) is 1.94. The molecule has 0 saturated carbocycles. The predicted molar refractivity (Wildman–Crippen MR) is 158 cm³/mol. The average molecular weight is 569 g/mol. The van der Waals surface area contributed by atoms with Crippen LogP contribution in [-0.2, 0) is 35.5 Å². The van der Waals surface area contributed by atoms with Gasteiger partial charge in [-0.2, -0.15) is 0 Å². The van der Waals surface area contributed by atoms with Crippen molar-refractivity contribution in [2.24, 2.45) is 0 Å². The topological polar surface area (TPSA) is 123 Å². The molecule has 2 amide bonds. The number of amides is 2. The Hall–Kier alpha value is -4.76. The first-order chi connectivity index (χ1) is 20.4. The highest BCUT2D eigenvalue weighted by Crippen LogP contribution is 2.15. The molecule has 0 bridgehead atoms. The number of aromatic nitrogens is 2. The molecule has 0 radical (unpaired) electrons. The monoisotopic (exact) mass is 568 g/mol. The zero-order valence-electron chi connectivity index (χ0n) is 23.6. The Kier molecular flexibility index (Phi) is 11.4. The van der Waals surface area contributed by atoms with Gasteiger partial charge in [-0.25, -0.2) is 9.59 Å². The lowest BCUT2D eigenvalue weighted by Crippen LogP contribution is -2.48. The number of aliphatic hydroxyl groups excluding tert-OH is 1. The molecule has 3 N–H and O–H groups in total.